The number of hydrogen-bond acceptors (Lipinski definition) is 5. The van der Waals surface area contributed by atoms with E-state index in [9.17, 15) is 4.79 Å². The molecule has 0 spiro atoms. The number of nitrogens with one attached hydrogen (secondary N) is 1. The van der Waals surface area contributed by atoms with E-state index in [2.05, 4.69) is 10.2 Å². The molecule has 0 aromatic heterocycles. The van der Waals surface area contributed by atoms with Gasteiger partial charge in [-0.2, -0.15) is 0 Å². The Labute approximate surface area is 139 Å². The lowest BCUT2D eigenvalue weighted by Gasteiger charge is -2.34. The normalized spacial score (nSPS) is 33.1. The molecular weight excluding hydrogens is 294 g/mol. The monoisotopic (exact) mass is 325 g/mol. The first-order chi connectivity index (χ1) is 11.3. The molecule has 1 amide bonds. The number of piperidine rings is 1. The molecule has 1 N–H and O–H groups in total. The highest BCUT2D eigenvalue weighted by Gasteiger charge is 2.35. The van der Waals surface area contributed by atoms with Gasteiger partial charge in [-0.1, -0.05) is 0 Å². The molecule has 6 nitrogen and oxygen atoms in total. The fourth-order valence-electron chi connectivity index (χ4n) is 4.02. The summed E-state index contributed by atoms with van der Waals surface area (Å²) < 4.78 is 11.5. The van der Waals surface area contributed by atoms with Gasteiger partial charge in [-0.15, -0.1) is 0 Å². The molecule has 3 saturated heterocycles. The molecule has 23 heavy (non-hydrogen) atoms. The molecule has 3 aliphatic rings. The zero-order valence-corrected chi connectivity index (χ0v) is 14.3. The average molecular weight is 325 g/mol. The molecule has 0 radical (unpaired) electrons. The van der Waals surface area contributed by atoms with Crippen LogP contribution < -0.4 is 5.32 Å². The molecule has 0 aromatic carbocycles. The fourth-order valence-corrected chi connectivity index (χ4v) is 4.02. The van der Waals surface area contributed by atoms with Crippen LogP contribution in [0.15, 0.2) is 0 Å². The van der Waals surface area contributed by atoms with Crippen LogP contribution >= 0.6 is 0 Å². The first kappa shape index (κ1) is 17.1. The summed E-state index contributed by atoms with van der Waals surface area (Å²) in [4.78, 5) is 17.2. The van der Waals surface area contributed by atoms with Gasteiger partial charge in [-0.3, -0.25) is 9.69 Å². The number of ether oxygens (including phenoxy) is 2. The quantitative estimate of drug-likeness (QED) is 0.789. The van der Waals surface area contributed by atoms with Gasteiger partial charge in [0.05, 0.1) is 19.3 Å². The third kappa shape index (κ3) is 4.66. The maximum absolute atomic E-state index is 12.7. The first-order valence-corrected chi connectivity index (χ1v) is 9.15. The van der Waals surface area contributed by atoms with Gasteiger partial charge < -0.3 is 19.7 Å². The summed E-state index contributed by atoms with van der Waals surface area (Å²) in [6.07, 6.45) is 4.20. The van der Waals surface area contributed by atoms with Crippen molar-refractivity contribution in [2.45, 2.75) is 37.9 Å². The van der Waals surface area contributed by atoms with Crippen molar-refractivity contribution in [3.05, 3.63) is 0 Å². The third-order valence-corrected chi connectivity index (χ3v) is 5.27. The van der Waals surface area contributed by atoms with Crippen LogP contribution in [0, 0.1) is 5.92 Å². The van der Waals surface area contributed by atoms with Gasteiger partial charge in [0.2, 0.25) is 0 Å². The van der Waals surface area contributed by atoms with E-state index in [4.69, 9.17) is 9.47 Å². The summed E-state index contributed by atoms with van der Waals surface area (Å²) in [6, 6.07) is 0. The van der Waals surface area contributed by atoms with Crippen LogP contribution in [0.4, 0.5) is 0 Å². The SMILES string of the molecule is CNCC1CCCN(C(=O)[C@@H]2CC[C@H](CN3CCOCC3)O2)C1. The van der Waals surface area contributed by atoms with Crippen molar-refractivity contribution in [1.82, 2.24) is 15.1 Å². The number of morpholine rings is 1. The summed E-state index contributed by atoms with van der Waals surface area (Å²) in [6.45, 7) is 7.31. The van der Waals surface area contributed by atoms with E-state index in [0.29, 0.717) is 5.92 Å². The van der Waals surface area contributed by atoms with Crippen LogP contribution in [-0.4, -0.2) is 87.4 Å². The van der Waals surface area contributed by atoms with Crippen molar-refractivity contribution in [3.8, 4) is 0 Å². The van der Waals surface area contributed by atoms with Crippen LogP contribution in [0.1, 0.15) is 25.7 Å². The first-order valence-electron chi connectivity index (χ1n) is 9.15. The molecule has 6 heteroatoms. The zero-order chi connectivity index (χ0) is 16.1. The van der Waals surface area contributed by atoms with Gasteiger partial charge in [0.25, 0.3) is 5.91 Å². The lowest BCUT2D eigenvalue weighted by atomic mass is 9.97. The molecule has 3 fully saturated rings. The minimum absolute atomic E-state index is 0.208. The number of carbonyl (C=O) groups excluding carboxylic acids is 1. The Morgan fingerprint density at radius 1 is 1.17 bits per heavy atom. The lowest BCUT2D eigenvalue weighted by molar-refractivity contribution is -0.145. The highest BCUT2D eigenvalue weighted by atomic mass is 16.5. The molecule has 0 aromatic rings. The number of amides is 1. The van der Waals surface area contributed by atoms with Crippen molar-refractivity contribution in [1.29, 1.82) is 0 Å². The Bertz CT molecular complexity index is 385. The van der Waals surface area contributed by atoms with Gasteiger partial charge in [-0.25, -0.2) is 0 Å². The van der Waals surface area contributed by atoms with Crippen molar-refractivity contribution in [2.75, 3.05) is 59.5 Å². The van der Waals surface area contributed by atoms with E-state index < -0.39 is 0 Å². The molecule has 0 aliphatic carbocycles. The lowest BCUT2D eigenvalue weighted by Crippen LogP contribution is -2.47. The number of hydrogen-bond donors (Lipinski definition) is 1. The van der Waals surface area contributed by atoms with Gasteiger partial charge >= 0.3 is 0 Å². The molecule has 3 aliphatic heterocycles. The fraction of sp³-hybridized carbons (Fsp3) is 0.941. The summed E-state index contributed by atoms with van der Waals surface area (Å²) in [5.74, 6) is 0.804. The van der Waals surface area contributed by atoms with E-state index in [1.807, 2.05) is 11.9 Å². The smallest absolute Gasteiger partial charge is 0.251 e. The van der Waals surface area contributed by atoms with Crippen LogP contribution in [0.3, 0.4) is 0 Å². The van der Waals surface area contributed by atoms with E-state index in [1.54, 1.807) is 0 Å². The Hall–Kier alpha value is -0.690. The minimum atomic E-state index is -0.214. The molecule has 3 atom stereocenters. The number of carbonyl (C=O) groups is 1. The highest BCUT2D eigenvalue weighted by Crippen LogP contribution is 2.25. The summed E-state index contributed by atoms with van der Waals surface area (Å²) >= 11 is 0. The second-order valence-corrected chi connectivity index (χ2v) is 7.09. The van der Waals surface area contributed by atoms with E-state index in [0.717, 1.165) is 71.7 Å². The molecule has 0 bridgehead atoms. The van der Waals surface area contributed by atoms with E-state index >= 15 is 0 Å². The van der Waals surface area contributed by atoms with Crippen LogP contribution in [0.2, 0.25) is 0 Å². The Balaban J connectivity index is 1.45. The number of nitrogens with zero attached hydrogens (tertiary/aromatic N) is 2. The topological polar surface area (TPSA) is 54.0 Å². The maximum atomic E-state index is 12.7. The van der Waals surface area contributed by atoms with Crippen molar-refractivity contribution < 1.29 is 14.3 Å². The molecule has 3 rings (SSSR count). The Kier molecular flexibility index (Phi) is 6.28. The van der Waals surface area contributed by atoms with Crippen LogP contribution in [0.5, 0.6) is 0 Å². The zero-order valence-electron chi connectivity index (χ0n) is 14.3. The van der Waals surface area contributed by atoms with Crippen molar-refractivity contribution in [2.24, 2.45) is 5.92 Å². The van der Waals surface area contributed by atoms with E-state index in [-0.39, 0.29) is 18.1 Å². The average Bonchev–Trinajstić information content (AvgIpc) is 3.04. The van der Waals surface area contributed by atoms with Gasteiger partial charge in [0.15, 0.2) is 0 Å². The summed E-state index contributed by atoms with van der Waals surface area (Å²) in [5.41, 5.74) is 0. The Morgan fingerprint density at radius 2 is 2.00 bits per heavy atom. The minimum Gasteiger partial charge on any atom is -0.379 e. The molecule has 0 saturated carbocycles. The van der Waals surface area contributed by atoms with Gasteiger partial charge in [-0.05, 0) is 45.2 Å². The molecule has 1 unspecified atom stereocenters. The summed E-state index contributed by atoms with van der Waals surface area (Å²) in [7, 11) is 1.98. The van der Waals surface area contributed by atoms with Crippen LogP contribution in [0.25, 0.3) is 0 Å². The number of likely N-dealkylation sites (tertiary alicyclic amines) is 1. The predicted molar refractivity (Wildman–Crippen MR) is 88.4 cm³/mol. The molecular formula is C17H31N3O3. The number of rotatable bonds is 5. The van der Waals surface area contributed by atoms with E-state index in [1.165, 1.54) is 6.42 Å². The van der Waals surface area contributed by atoms with Gasteiger partial charge in [0, 0.05) is 32.7 Å². The molecule has 132 valence electrons. The second kappa shape index (κ2) is 8.42. The van der Waals surface area contributed by atoms with Crippen LogP contribution in [-0.2, 0) is 14.3 Å². The maximum Gasteiger partial charge on any atom is 0.251 e. The van der Waals surface area contributed by atoms with Gasteiger partial charge in [0.1, 0.15) is 6.10 Å². The highest BCUT2D eigenvalue weighted by molar-refractivity contribution is 5.81. The molecule has 3 heterocycles. The van der Waals surface area contributed by atoms with Crippen molar-refractivity contribution in [3.63, 3.8) is 0 Å². The summed E-state index contributed by atoms with van der Waals surface area (Å²) in [5, 5.41) is 3.23. The second-order valence-electron chi connectivity index (χ2n) is 7.09. The third-order valence-electron chi connectivity index (χ3n) is 5.27. The largest absolute Gasteiger partial charge is 0.379 e. The standard InChI is InChI=1S/C17H31N3O3/c1-18-11-14-3-2-6-20(12-14)17(21)16-5-4-15(23-16)13-19-7-9-22-10-8-19/h14-16,18H,2-13H2,1H3/t14?,15-,16+/m1/s1. The Morgan fingerprint density at radius 3 is 2.78 bits per heavy atom. The predicted octanol–water partition coefficient (Wildman–Crippen LogP) is 0.324. The van der Waals surface area contributed by atoms with Crippen molar-refractivity contribution >= 4 is 5.91 Å².